The van der Waals surface area contributed by atoms with Crippen LogP contribution in [-0.4, -0.2) is 49.7 Å². The number of piperazine rings is 1. The number of nitrogens with two attached hydrogens (primary N) is 1. The highest BCUT2D eigenvalue weighted by molar-refractivity contribution is 5.22. The Hall–Kier alpha value is -1.08. The van der Waals surface area contributed by atoms with Gasteiger partial charge in [-0.25, -0.2) is 19.2 Å². The molecule has 0 radical (unpaired) electrons. The third-order valence-corrected chi connectivity index (χ3v) is 3.42. The highest BCUT2D eigenvalue weighted by Crippen LogP contribution is 2.18. The van der Waals surface area contributed by atoms with E-state index in [0.29, 0.717) is 5.56 Å². The first-order chi connectivity index (χ1) is 9.10. The van der Waals surface area contributed by atoms with Gasteiger partial charge in [0.05, 0.1) is 6.04 Å². The monoisotopic (exact) mass is 270 g/mol. The Morgan fingerprint density at radius 1 is 1.26 bits per heavy atom. The van der Waals surface area contributed by atoms with Gasteiger partial charge in [-0.15, -0.1) is 0 Å². The second kappa shape index (κ2) is 6.38. The smallest absolute Gasteiger partial charge is 0.130 e. The van der Waals surface area contributed by atoms with E-state index in [1.165, 1.54) is 12.1 Å². The number of likely N-dealkylation sites (N-methyl/N-ethyl adjacent to an activating group) is 1. The molecular formula is C13H20F2N4. The van der Waals surface area contributed by atoms with E-state index >= 15 is 0 Å². The van der Waals surface area contributed by atoms with Gasteiger partial charge in [-0.3, -0.25) is 0 Å². The third kappa shape index (κ3) is 3.70. The largest absolute Gasteiger partial charge is 0.329 e. The van der Waals surface area contributed by atoms with Crippen molar-refractivity contribution >= 4 is 0 Å². The first-order valence-corrected chi connectivity index (χ1v) is 6.45. The third-order valence-electron chi connectivity index (χ3n) is 3.42. The molecule has 0 aliphatic carbocycles. The number of benzene rings is 1. The maximum absolute atomic E-state index is 13.7. The summed E-state index contributed by atoms with van der Waals surface area (Å²) in [5.41, 5.74) is 9.32. The molecule has 1 aromatic carbocycles. The van der Waals surface area contributed by atoms with Gasteiger partial charge in [-0.2, -0.15) is 0 Å². The standard InChI is InChI=1S/C13H20F2N4/c1-18-4-6-19(7-5-18)17-13(9-16)11-3-2-10(14)8-12(11)15/h2-3,8,13,17H,4-7,9,16H2,1H3. The Morgan fingerprint density at radius 2 is 1.95 bits per heavy atom. The first-order valence-electron chi connectivity index (χ1n) is 6.45. The summed E-state index contributed by atoms with van der Waals surface area (Å²) >= 11 is 0. The van der Waals surface area contributed by atoms with Crippen LogP contribution < -0.4 is 11.2 Å². The molecular weight excluding hydrogens is 250 g/mol. The molecule has 1 atom stereocenters. The molecule has 1 saturated heterocycles. The van der Waals surface area contributed by atoms with Crippen molar-refractivity contribution in [3.8, 4) is 0 Å². The van der Waals surface area contributed by atoms with E-state index in [4.69, 9.17) is 5.73 Å². The first kappa shape index (κ1) is 14.3. The summed E-state index contributed by atoms with van der Waals surface area (Å²) in [6.45, 7) is 3.88. The average Bonchev–Trinajstić information content (AvgIpc) is 2.39. The predicted octanol–water partition coefficient (Wildman–Crippen LogP) is 0.717. The molecule has 4 nitrogen and oxygen atoms in total. The van der Waals surface area contributed by atoms with Crippen LogP contribution >= 0.6 is 0 Å². The molecule has 0 amide bonds. The number of hydrogen-bond acceptors (Lipinski definition) is 4. The molecule has 0 bridgehead atoms. The van der Waals surface area contributed by atoms with Crippen molar-refractivity contribution < 1.29 is 8.78 Å². The molecule has 2 rings (SSSR count). The number of nitrogens with one attached hydrogen (secondary N) is 1. The Labute approximate surface area is 112 Å². The summed E-state index contributed by atoms with van der Waals surface area (Å²) in [6.07, 6.45) is 0. The maximum atomic E-state index is 13.7. The van der Waals surface area contributed by atoms with Crippen LogP contribution in [0.15, 0.2) is 18.2 Å². The molecule has 1 aliphatic heterocycles. The Balaban J connectivity index is 2.03. The molecule has 19 heavy (non-hydrogen) atoms. The fourth-order valence-corrected chi connectivity index (χ4v) is 2.19. The van der Waals surface area contributed by atoms with Gasteiger partial charge in [0.25, 0.3) is 0 Å². The van der Waals surface area contributed by atoms with Crippen molar-refractivity contribution in [1.29, 1.82) is 0 Å². The molecule has 1 unspecified atom stereocenters. The van der Waals surface area contributed by atoms with Crippen LogP contribution in [0.3, 0.4) is 0 Å². The number of nitrogens with zero attached hydrogens (tertiary/aromatic N) is 2. The quantitative estimate of drug-likeness (QED) is 0.846. The second-order valence-electron chi connectivity index (χ2n) is 4.87. The predicted molar refractivity (Wildman–Crippen MR) is 70.4 cm³/mol. The molecule has 0 aromatic heterocycles. The van der Waals surface area contributed by atoms with Gasteiger partial charge >= 0.3 is 0 Å². The van der Waals surface area contributed by atoms with Crippen molar-refractivity contribution in [2.24, 2.45) is 5.73 Å². The van der Waals surface area contributed by atoms with Crippen LogP contribution in [0.25, 0.3) is 0 Å². The molecule has 6 heteroatoms. The average molecular weight is 270 g/mol. The van der Waals surface area contributed by atoms with Crippen molar-refractivity contribution in [2.75, 3.05) is 39.8 Å². The van der Waals surface area contributed by atoms with Crippen LogP contribution in [0.1, 0.15) is 11.6 Å². The van der Waals surface area contributed by atoms with Crippen molar-refractivity contribution in [1.82, 2.24) is 15.3 Å². The zero-order valence-corrected chi connectivity index (χ0v) is 11.1. The Bertz CT molecular complexity index is 419. The minimum atomic E-state index is -0.573. The molecule has 106 valence electrons. The fraction of sp³-hybridized carbons (Fsp3) is 0.538. The maximum Gasteiger partial charge on any atom is 0.130 e. The minimum Gasteiger partial charge on any atom is -0.329 e. The highest BCUT2D eigenvalue weighted by atomic mass is 19.1. The van der Waals surface area contributed by atoms with E-state index in [2.05, 4.69) is 17.4 Å². The lowest BCUT2D eigenvalue weighted by molar-refractivity contribution is 0.0873. The lowest BCUT2D eigenvalue weighted by Gasteiger charge is -2.35. The summed E-state index contributed by atoms with van der Waals surface area (Å²) in [4.78, 5) is 2.23. The highest BCUT2D eigenvalue weighted by Gasteiger charge is 2.20. The molecule has 0 saturated carbocycles. The molecule has 1 heterocycles. The summed E-state index contributed by atoms with van der Waals surface area (Å²) < 4.78 is 26.7. The van der Waals surface area contributed by atoms with E-state index in [0.717, 1.165) is 32.2 Å². The molecule has 1 aliphatic rings. The Kier molecular flexibility index (Phi) is 4.81. The van der Waals surface area contributed by atoms with E-state index < -0.39 is 11.6 Å². The van der Waals surface area contributed by atoms with Crippen LogP contribution in [0, 0.1) is 11.6 Å². The van der Waals surface area contributed by atoms with Gasteiger partial charge in [0.15, 0.2) is 0 Å². The van der Waals surface area contributed by atoms with Crippen molar-refractivity contribution in [2.45, 2.75) is 6.04 Å². The van der Waals surface area contributed by atoms with Gasteiger partial charge in [-0.1, -0.05) is 6.07 Å². The van der Waals surface area contributed by atoms with E-state index in [-0.39, 0.29) is 12.6 Å². The second-order valence-corrected chi connectivity index (χ2v) is 4.87. The fourth-order valence-electron chi connectivity index (χ4n) is 2.19. The van der Waals surface area contributed by atoms with Gasteiger partial charge < -0.3 is 10.6 Å². The van der Waals surface area contributed by atoms with Crippen LogP contribution in [0.5, 0.6) is 0 Å². The summed E-state index contributed by atoms with van der Waals surface area (Å²) in [5.74, 6) is -1.13. The number of halogens is 2. The van der Waals surface area contributed by atoms with Crippen molar-refractivity contribution in [3.63, 3.8) is 0 Å². The zero-order chi connectivity index (χ0) is 13.8. The molecule has 1 aromatic rings. The minimum absolute atomic E-state index is 0.259. The molecule has 1 fully saturated rings. The summed E-state index contributed by atoms with van der Waals surface area (Å²) in [5, 5.41) is 2.04. The normalized spacial score (nSPS) is 19.6. The van der Waals surface area contributed by atoms with Crippen LogP contribution in [0.2, 0.25) is 0 Å². The van der Waals surface area contributed by atoms with Gasteiger partial charge in [0, 0.05) is 44.4 Å². The van der Waals surface area contributed by atoms with Crippen molar-refractivity contribution in [3.05, 3.63) is 35.4 Å². The Morgan fingerprint density at radius 3 is 2.53 bits per heavy atom. The van der Waals surface area contributed by atoms with E-state index in [1.807, 2.05) is 5.01 Å². The number of rotatable bonds is 4. The summed E-state index contributed by atoms with van der Waals surface area (Å²) in [6, 6.07) is 3.27. The SMILES string of the molecule is CN1CCN(NC(CN)c2ccc(F)cc2F)CC1. The van der Waals surface area contributed by atoms with E-state index in [9.17, 15) is 8.78 Å². The lowest BCUT2D eigenvalue weighted by atomic mass is 10.1. The van der Waals surface area contributed by atoms with E-state index in [1.54, 1.807) is 0 Å². The van der Waals surface area contributed by atoms with Crippen LogP contribution in [0.4, 0.5) is 8.78 Å². The van der Waals surface area contributed by atoms with Gasteiger partial charge in [0.1, 0.15) is 11.6 Å². The lowest BCUT2D eigenvalue weighted by Crippen LogP contribution is -2.52. The van der Waals surface area contributed by atoms with Crippen LogP contribution in [-0.2, 0) is 0 Å². The summed E-state index contributed by atoms with van der Waals surface area (Å²) in [7, 11) is 2.07. The zero-order valence-electron chi connectivity index (χ0n) is 11.1. The topological polar surface area (TPSA) is 44.5 Å². The van der Waals surface area contributed by atoms with Gasteiger partial charge in [0.2, 0.25) is 0 Å². The molecule has 0 spiro atoms. The number of hydrazine groups is 1. The number of hydrogen-bond donors (Lipinski definition) is 2. The van der Waals surface area contributed by atoms with Gasteiger partial charge in [-0.05, 0) is 13.1 Å². The molecule has 3 N–H and O–H groups in total.